The first-order chi connectivity index (χ1) is 42.9. The number of nitrogens with zero attached hydrogens (tertiary/aromatic N) is 1. The number of amides is 10. The van der Waals surface area contributed by atoms with E-state index in [1.54, 1.807) is 35.2 Å². The summed E-state index contributed by atoms with van der Waals surface area (Å²) < 4.78 is 32.8. The largest absolute Gasteiger partial charge is 0.445 e. The van der Waals surface area contributed by atoms with E-state index in [0.29, 0.717) is 102 Å². The molecule has 2 heterocycles. The van der Waals surface area contributed by atoms with Crippen LogP contribution in [0.2, 0.25) is 0 Å². The minimum absolute atomic E-state index is 0.00567. The fourth-order valence-corrected chi connectivity index (χ4v) is 10.8. The van der Waals surface area contributed by atoms with E-state index in [0.717, 1.165) is 25.0 Å². The second-order valence-electron chi connectivity index (χ2n) is 21.8. The Labute approximate surface area is 526 Å². The number of fused-ring (bicyclic) bond motifs is 1. The maximum atomic E-state index is 13.8. The summed E-state index contributed by atoms with van der Waals surface area (Å²) in [5.74, 6) is -3.36. The third-order valence-electron chi connectivity index (χ3n) is 14.0. The number of unbranched alkanes of at least 4 members (excludes halogenated alkanes) is 2. The number of hydrogen-bond acceptors (Lipinski definition) is 19. The van der Waals surface area contributed by atoms with Crippen molar-refractivity contribution in [2.45, 2.75) is 139 Å². The lowest BCUT2D eigenvalue weighted by Gasteiger charge is -2.26. The molecule has 3 rings (SSSR count). The molecule has 1 aromatic rings. The molecule has 0 aliphatic carbocycles. The summed E-state index contributed by atoms with van der Waals surface area (Å²) in [6.07, 6.45) is 5.05. The molecular weight excluding hydrogens is 1180 g/mol. The maximum absolute atomic E-state index is 13.8. The molecule has 89 heavy (non-hydrogen) atoms. The highest BCUT2D eigenvalue weighted by molar-refractivity contribution is 8.00. The lowest BCUT2D eigenvalue weighted by molar-refractivity contribution is -0.135. The number of alkyl carbamates (subject to hydrolysis) is 1. The smallest absolute Gasteiger partial charge is 0.408 e. The van der Waals surface area contributed by atoms with E-state index >= 15 is 0 Å². The van der Waals surface area contributed by atoms with E-state index in [4.69, 9.17) is 45.3 Å². The van der Waals surface area contributed by atoms with E-state index in [2.05, 4.69) is 53.2 Å². The number of carbonyl (C=O) groups excluding carboxylic acids is 9. The highest BCUT2D eigenvalue weighted by atomic mass is 32.2. The Kier molecular flexibility index (Phi) is 40.0. The Morgan fingerprint density at radius 1 is 0.652 bits per heavy atom. The first-order valence-corrected chi connectivity index (χ1v) is 31.9. The summed E-state index contributed by atoms with van der Waals surface area (Å²) in [4.78, 5) is 118. The molecule has 504 valence electrons. The van der Waals surface area contributed by atoms with Gasteiger partial charge >= 0.3 is 12.1 Å². The molecule has 16 N–H and O–H groups in total. The van der Waals surface area contributed by atoms with Crippen molar-refractivity contribution in [1.29, 1.82) is 5.41 Å². The zero-order valence-corrected chi connectivity index (χ0v) is 52.8. The molecule has 2 aliphatic heterocycles. The first kappa shape index (κ1) is 76.6. The van der Waals surface area contributed by atoms with E-state index < -0.39 is 72.9 Å². The minimum atomic E-state index is -1.57. The number of hydrogen-bond donors (Lipinski definition) is 14. The monoisotopic (exact) mass is 1280 g/mol. The molecule has 2 fully saturated rings. The van der Waals surface area contributed by atoms with Crippen molar-refractivity contribution in [1.82, 2.24) is 58.1 Å². The van der Waals surface area contributed by atoms with Crippen LogP contribution < -0.4 is 64.6 Å². The van der Waals surface area contributed by atoms with Gasteiger partial charge in [-0.2, -0.15) is 11.8 Å². The molecule has 0 spiro atoms. The molecule has 2 saturated heterocycles. The van der Waals surface area contributed by atoms with Crippen molar-refractivity contribution in [2.75, 3.05) is 125 Å². The van der Waals surface area contributed by atoms with Crippen molar-refractivity contribution in [2.24, 2.45) is 17.4 Å². The van der Waals surface area contributed by atoms with E-state index in [-0.39, 0.29) is 114 Å². The van der Waals surface area contributed by atoms with Crippen LogP contribution in [-0.2, 0) is 68.6 Å². The quantitative estimate of drug-likeness (QED) is 0.0154. The summed E-state index contributed by atoms with van der Waals surface area (Å²) in [6.45, 7) is 6.66. The summed E-state index contributed by atoms with van der Waals surface area (Å²) in [5, 5.41) is 44.7. The average molecular weight is 1280 g/mol. The Morgan fingerprint density at radius 2 is 1.22 bits per heavy atom. The Hall–Kier alpha value is -6.61. The molecular formula is C58H100N14O16S. The molecule has 7 atom stereocenters. The topological polar surface area (TPSA) is 429 Å². The Morgan fingerprint density at radius 3 is 1.88 bits per heavy atom. The van der Waals surface area contributed by atoms with Gasteiger partial charge in [-0.15, -0.1) is 0 Å². The van der Waals surface area contributed by atoms with Gasteiger partial charge in [0.25, 0.3) is 0 Å². The predicted molar refractivity (Wildman–Crippen MR) is 332 cm³/mol. The predicted octanol–water partition coefficient (Wildman–Crippen LogP) is -1.44. The van der Waals surface area contributed by atoms with Crippen molar-refractivity contribution in [3.05, 3.63) is 35.9 Å². The second-order valence-corrected chi connectivity index (χ2v) is 23.0. The van der Waals surface area contributed by atoms with Gasteiger partial charge in [0.2, 0.25) is 41.4 Å². The summed E-state index contributed by atoms with van der Waals surface area (Å²) in [7, 11) is 1.85. The number of urea groups is 1. The van der Waals surface area contributed by atoms with E-state index in [9.17, 15) is 48.3 Å². The molecule has 1 aromatic carbocycles. The summed E-state index contributed by atoms with van der Waals surface area (Å²) in [5.41, 5.74) is 11.8. The third-order valence-corrected chi connectivity index (χ3v) is 15.5. The molecule has 30 nitrogen and oxygen atoms in total. The molecule has 0 aromatic heterocycles. The SMILES string of the molecule is CC(C)C[C@H](NC(=O)[C@H](CCCCN)NC(=O)[C@H](CO)NC(=O)[C@H](CCCNC(=N)N)NC(=O)OCc1ccccc1)C(=O)NCC(=O)NCCOCCOCC(=O)NCCCOCCOCCOCCCNC(=O)CCCCC1SCC2[C@@H]1NC(=O)N2C. The van der Waals surface area contributed by atoms with Crippen LogP contribution in [0.4, 0.5) is 9.59 Å². The van der Waals surface area contributed by atoms with Crippen molar-refractivity contribution in [3.8, 4) is 0 Å². The number of aliphatic hydroxyl groups is 1. The highest BCUT2D eigenvalue weighted by Crippen LogP contribution is 2.36. The number of thioether (sulfide) groups is 1. The van der Waals surface area contributed by atoms with Gasteiger partial charge in [-0.1, -0.05) is 50.6 Å². The molecule has 2 unspecified atom stereocenters. The summed E-state index contributed by atoms with van der Waals surface area (Å²) >= 11 is 1.91. The molecule has 31 heteroatoms. The first-order valence-electron chi connectivity index (χ1n) is 30.8. The van der Waals surface area contributed by atoms with Crippen LogP contribution in [0.5, 0.6) is 0 Å². The fourth-order valence-electron chi connectivity index (χ4n) is 9.17. The average Bonchev–Trinajstić information content (AvgIpc) is 2.58. The number of nitrogens with two attached hydrogens (primary N) is 2. The Balaban J connectivity index is 1.21. The highest BCUT2D eigenvalue weighted by Gasteiger charge is 2.46. The van der Waals surface area contributed by atoms with Crippen LogP contribution in [-0.4, -0.2) is 236 Å². The standard InChI is InChI=1S/C58H100N14O16S/c1-40(2)34-44(68-53(78)42(16-9-10-20-59)67-55(80)45(36-73)69-54(79)43(17-11-21-65-56(60)61)70-58(82)88-37-41-14-5-4-6-15-41)52(77)66-35-49(75)64-24-27-85-32-33-87-38-50(76)63-23-13-26-84-29-31-86-30-28-83-25-12-22-62-48(74)19-8-7-18-47-51-46(39-89-47)72(3)57(81)71-51/h4-6,14-15,40,42-47,51,73H,7-13,16-39,59H2,1-3H3,(H,62,74)(H,63,76)(H,64,75)(H,66,77)(H,67,80)(H,68,78)(H,69,79)(H,70,82)(H,71,81)(H4,60,61,65)/t42-,43-,44-,45-,46?,47?,51-/m0/s1. The number of nitrogens with one attached hydrogen (secondary N) is 11. The molecule has 10 amide bonds. The molecule has 0 radical (unpaired) electrons. The van der Waals surface area contributed by atoms with E-state index in [1.165, 1.54) is 0 Å². The number of benzene rings is 1. The number of guanidine groups is 1. The van der Waals surface area contributed by atoms with Crippen LogP contribution in [0.3, 0.4) is 0 Å². The number of ether oxygens (including phenoxy) is 6. The van der Waals surface area contributed by atoms with Gasteiger partial charge in [-0.3, -0.25) is 39.0 Å². The summed E-state index contributed by atoms with van der Waals surface area (Å²) in [6, 6.07) is 4.14. The van der Waals surface area contributed by atoms with Crippen LogP contribution in [0.15, 0.2) is 30.3 Å². The Bertz CT molecular complexity index is 2280. The number of rotatable bonds is 50. The molecule has 0 bridgehead atoms. The van der Waals surface area contributed by atoms with Crippen LogP contribution in [0.25, 0.3) is 0 Å². The molecule has 0 saturated carbocycles. The normalized spacial score (nSPS) is 16.4. The van der Waals surface area contributed by atoms with Crippen LogP contribution in [0, 0.1) is 11.3 Å². The van der Waals surface area contributed by atoms with Crippen molar-refractivity contribution in [3.63, 3.8) is 0 Å². The van der Waals surface area contributed by atoms with E-state index in [1.807, 2.05) is 32.7 Å². The maximum Gasteiger partial charge on any atom is 0.408 e. The molecule has 2 aliphatic rings. The lowest BCUT2D eigenvalue weighted by Crippen LogP contribution is -2.59. The number of aliphatic hydroxyl groups excluding tert-OH is 1. The van der Waals surface area contributed by atoms with Crippen LogP contribution in [0.1, 0.15) is 96.5 Å². The van der Waals surface area contributed by atoms with Gasteiger partial charge in [0.1, 0.15) is 37.4 Å². The lowest BCUT2D eigenvalue weighted by atomic mass is 10.0. The van der Waals surface area contributed by atoms with Crippen LogP contribution >= 0.6 is 11.8 Å². The van der Waals surface area contributed by atoms with Crippen molar-refractivity contribution >= 4 is 71.2 Å². The van der Waals surface area contributed by atoms with Gasteiger partial charge < -0.3 is 103 Å². The second kappa shape index (κ2) is 46.5. The zero-order valence-electron chi connectivity index (χ0n) is 52.0. The van der Waals surface area contributed by atoms with Gasteiger partial charge in [-0.05, 0) is 82.2 Å². The number of carbonyl (C=O) groups is 9. The van der Waals surface area contributed by atoms with Crippen molar-refractivity contribution < 1.29 is 76.7 Å². The third kappa shape index (κ3) is 34.2. The zero-order chi connectivity index (χ0) is 65.0. The van der Waals surface area contributed by atoms with Gasteiger partial charge in [-0.25, -0.2) is 9.59 Å². The van der Waals surface area contributed by atoms with Gasteiger partial charge in [0, 0.05) is 63.9 Å². The van der Waals surface area contributed by atoms with Gasteiger partial charge in [0.05, 0.1) is 71.5 Å². The fraction of sp³-hybridized carbons (Fsp3) is 0.724. The van der Waals surface area contributed by atoms with Gasteiger partial charge in [0.15, 0.2) is 5.96 Å². The minimum Gasteiger partial charge on any atom is -0.445 e. The number of likely N-dealkylation sites (N-methyl/N-ethyl adjacent to an activating group) is 1.